The highest BCUT2D eigenvalue weighted by Gasteiger charge is 2.10. The Morgan fingerprint density at radius 2 is 2.50 bits per heavy atom. The number of nitrogens with one attached hydrogen (secondary N) is 1. The second-order valence-electron chi connectivity index (χ2n) is 2.06. The minimum Gasteiger partial charge on any atom is -0.330 e. The maximum Gasteiger partial charge on any atom is 0.0156 e. The van der Waals surface area contributed by atoms with Gasteiger partial charge in [-0.2, -0.15) is 0 Å². The summed E-state index contributed by atoms with van der Waals surface area (Å²) in [5.74, 6) is 0. The van der Waals surface area contributed by atoms with E-state index in [9.17, 15) is 0 Å². The molecule has 0 aromatic rings. The number of rotatable bonds is 2. The molecule has 0 bridgehead atoms. The Morgan fingerprint density at radius 3 is 3.00 bits per heavy atom. The van der Waals surface area contributed by atoms with Crippen molar-refractivity contribution in [2.24, 2.45) is 5.73 Å². The molecule has 3 heteroatoms. The van der Waals surface area contributed by atoms with Crippen molar-refractivity contribution in [2.75, 3.05) is 31.7 Å². The van der Waals surface area contributed by atoms with Gasteiger partial charge in [0, 0.05) is 6.29 Å². The Morgan fingerprint density at radius 1 is 1.62 bits per heavy atom. The van der Waals surface area contributed by atoms with Gasteiger partial charge in [0.15, 0.2) is 0 Å². The number of hydrogen-bond donors (Lipinski definition) is 2. The first-order chi connectivity index (χ1) is 3.93. The molecule has 0 radical (unpaired) electrons. The van der Waals surface area contributed by atoms with E-state index >= 15 is 0 Å². The highest BCUT2D eigenvalue weighted by atomic mass is 31.1. The van der Waals surface area contributed by atoms with Gasteiger partial charge in [0.05, 0.1) is 0 Å². The highest BCUT2D eigenvalue weighted by Crippen LogP contribution is 2.35. The highest BCUT2D eigenvalue weighted by molar-refractivity contribution is 7.57. The van der Waals surface area contributed by atoms with E-state index in [1.54, 1.807) is 0 Å². The minimum atomic E-state index is 0.319. The predicted molar refractivity (Wildman–Crippen MR) is 38.6 cm³/mol. The molecule has 1 aliphatic heterocycles. The molecule has 48 valence electrons. The third kappa shape index (κ3) is 1.70. The van der Waals surface area contributed by atoms with Crippen molar-refractivity contribution in [2.45, 2.75) is 0 Å². The second-order valence-corrected chi connectivity index (χ2v) is 4.62. The Labute approximate surface area is 51.6 Å². The molecule has 0 spiro atoms. The zero-order valence-electron chi connectivity index (χ0n) is 5.06. The van der Waals surface area contributed by atoms with Crippen LogP contribution in [-0.2, 0) is 0 Å². The van der Waals surface area contributed by atoms with Crippen molar-refractivity contribution in [1.82, 2.24) is 5.32 Å². The maximum absolute atomic E-state index is 5.40. The van der Waals surface area contributed by atoms with E-state index in [-0.39, 0.29) is 0 Å². The predicted octanol–water partition coefficient (Wildman–Crippen LogP) is -0.0123. The summed E-state index contributed by atoms with van der Waals surface area (Å²) in [5.41, 5.74) is 5.40. The van der Waals surface area contributed by atoms with Gasteiger partial charge in [0.25, 0.3) is 0 Å². The Kier molecular flexibility index (Phi) is 2.74. The molecule has 1 fully saturated rings. The fourth-order valence-electron chi connectivity index (χ4n) is 0.927. The van der Waals surface area contributed by atoms with Crippen LogP contribution in [0.1, 0.15) is 0 Å². The van der Waals surface area contributed by atoms with Crippen LogP contribution in [0.3, 0.4) is 0 Å². The first-order valence-corrected chi connectivity index (χ1v) is 4.96. The molecule has 1 atom stereocenters. The number of hydrogen-bond acceptors (Lipinski definition) is 2. The number of nitrogens with two attached hydrogens (primary N) is 1. The molecule has 3 N–H and O–H groups in total. The van der Waals surface area contributed by atoms with E-state index in [0.717, 1.165) is 6.54 Å². The lowest BCUT2D eigenvalue weighted by molar-refractivity contribution is 0.884. The van der Waals surface area contributed by atoms with Crippen LogP contribution in [0.15, 0.2) is 0 Å². The minimum absolute atomic E-state index is 0.319. The fourth-order valence-corrected chi connectivity index (χ4v) is 2.78. The van der Waals surface area contributed by atoms with Crippen LogP contribution in [0.5, 0.6) is 0 Å². The van der Waals surface area contributed by atoms with Crippen molar-refractivity contribution in [3.05, 3.63) is 0 Å². The molecule has 1 aliphatic rings. The maximum atomic E-state index is 5.40. The van der Waals surface area contributed by atoms with Gasteiger partial charge in [0.1, 0.15) is 0 Å². The average molecular weight is 132 g/mol. The normalized spacial score (nSPS) is 28.9. The Hall–Kier alpha value is 0.350. The molecule has 1 saturated heterocycles. The van der Waals surface area contributed by atoms with Crippen molar-refractivity contribution < 1.29 is 0 Å². The molecule has 1 heterocycles. The first kappa shape index (κ1) is 6.47. The molecule has 0 aliphatic carbocycles. The Bertz CT molecular complexity index is 61.4. The molecule has 1 unspecified atom stereocenters. The summed E-state index contributed by atoms with van der Waals surface area (Å²) < 4.78 is 0. The van der Waals surface area contributed by atoms with E-state index in [2.05, 4.69) is 5.32 Å². The molecular weight excluding hydrogens is 119 g/mol. The van der Waals surface area contributed by atoms with Gasteiger partial charge in [-0.1, -0.05) is 7.92 Å². The first-order valence-electron chi connectivity index (χ1n) is 3.06. The second kappa shape index (κ2) is 3.39. The molecule has 0 aromatic heterocycles. The lowest BCUT2D eigenvalue weighted by Gasteiger charge is -2.03. The summed E-state index contributed by atoms with van der Waals surface area (Å²) in [5, 5.41) is 3.33. The monoisotopic (exact) mass is 132 g/mol. The van der Waals surface area contributed by atoms with Crippen molar-refractivity contribution in [1.29, 1.82) is 0 Å². The van der Waals surface area contributed by atoms with E-state index < -0.39 is 0 Å². The van der Waals surface area contributed by atoms with Crippen molar-refractivity contribution in [3.8, 4) is 0 Å². The molecule has 8 heavy (non-hydrogen) atoms. The van der Waals surface area contributed by atoms with Gasteiger partial charge in [-0.15, -0.1) is 0 Å². The zero-order valence-corrected chi connectivity index (χ0v) is 5.95. The van der Waals surface area contributed by atoms with E-state index in [1.165, 1.54) is 25.2 Å². The quantitative estimate of drug-likeness (QED) is 0.518. The van der Waals surface area contributed by atoms with Gasteiger partial charge in [-0.05, 0) is 25.4 Å². The van der Waals surface area contributed by atoms with Gasteiger partial charge < -0.3 is 11.1 Å². The molecule has 0 saturated carbocycles. The summed E-state index contributed by atoms with van der Waals surface area (Å²) in [7, 11) is 0.319. The van der Waals surface area contributed by atoms with E-state index in [1.807, 2.05) is 0 Å². The lowest BCUT2D eigenvalue weighted by atomic mass is 10.8. The van der Waals surface area contributed by atoms with Crippen molar-refractivity contribution in [3.63, 3.8) is 0 Å². The van der Waals surface area contributed by atoms with Crippen LogP contribution in [0.4, 0.5) is 0 Å². The Balaban J connectivity index is 2.06. The lowest BCUT2D eigenvalue weighted by Crippen LogP contribution is -2.06. The molecule has 2 nitrogen and oxygen atoms in total. The fraction of sp³-hybridized carbons (Fsp3) is 1.00. The standard InChI is InChI=1S/C5H13N2P/c6-1-3-8-4-2-7-5-8/h7H,1-6H2. The van der Waals surface area contributed by atoms with E-state index in [4.69, 9.17) is 5.73 Å². The zero-order chi connectivity index (χ0) is 5.82. The largest absolute Gasteiger partial charge is 0.330 e. The van der Waals surface area contributed by atoms with Crippen LogP contribution in [-0.4, -0.2) is 31.7 Å². The van der Waals surface area contributed by atoms with Gasteiger partial charge in [-0.3, -0.25) is 0 Å². The molecule has 0 amide bonds. The van der Waals surface area contributed by atoms with Crippen molar-refractivity contribution >= 4 is 7.92 Å². The third-order valence-electron chi connectivity index (χ3n) is 1.39. The molecule has 0 aromatic carbocycles. The summed E-state index contributed by atoms with van der Waals surface area (Å²) >= 11 is 0. The SMILES string of the molecule is NCCP1CCNC1. The van der Waals surface area contributed by atoms with Gasteiger partial charge >= 0.3 is 0 Å². The smallest absolute Gasteiger partial charge is 0.0156 e. The molecule has 1 rings (SSSR count). The topological polar surface area (TPSA) is 38.0 Å². The summed E-state index contributed by atoms with van der Waals surface area (Å²) in [6.45, 7) is 2.11. The van der Waals surface area contributed by atoms with Crippen LogP contribution < -0.4 is 11.1 Å². The summed E-state index contributed by atoms with van der Waals surface area (Å²) in [4.78, 5) is 0. The van der Waals surface area contributed by atoms with Crippen LogP contribution in [0.2, 0.25) is 0 Å². The molecular formula is C5H13N2P. The van der Waals surface area contributed by atoms with Crippen LogP contribution in [0, 0.1) is 0 Å². The van der Waals surface area contributed by atoms with Gasteiger partial charge in [-0.25, -0.2) is 0 Å². The van der Waals surface area contributed by atoms with E-state index in [0.29, 0.717) is 7.92 Å². The summed E-state index contributed by atoms with van der Waals surface area (Å²) in [6, 6.07) is 0. The summed E-state index contributed by atoms with van der Waals surface area (Å²) in [6.07, 6.45) is 3.92. The average Bonchev–Trinajstić information content (AvgIpc) is 2.19. The third-order valence-corrected chi connectivity index (χ3v) is 3.80. The van der Waals surface area contributed by atoms with Crippen LogP contribution in [0.25, 0.3) is 0 Å². The van der Waals surface area contributed by atoms with Crippen LogP contribution >= 0.6 is 7.92 Å². The van der Waals surface area contributed by atoms with Gasteiger partial charge in [0.2, 0.25) is 0 Å².